The molecule has 1 atom stereocenters. The van der Waals surface area contributed by atoms with E-state index in [2.05, 4.69) is 56.1 Å². The number of rotatable bonds is 6. The third-order valence-corrected chi connectivity index (χ3v) is 4.89. The van der Waals surface area contributed by atoms with Crippen molar-refractivity contribution in [3.8, 4) is 0 Å². The second-order valence-electron chi connectivity index (χ2n) is 6.72. The first-order chi connectivity index (χ1) is 10.1. The van der Waals surface area contributed by atoms with E-state index < -0.39 is 0 Å². The minimum absolute atomic E-state index is 0.528. The van der Waals surface area contributed by atoms with Gasteiger partial charge in [-0.15, -0.1) is 0 Å². The highest BCUT2D eigenvalue weighted by Crippen LogP contribution is 2.27. The maximum absolute atomic E-state index is 3.48. The maximum Gasteiger partial charge on any atom is 0.0322 e. The summed E-state index contributed by atoms with van der Waals surface area (Å²) in [4.78, 5) is 2.71. The molecule has 1 heterocycles. The second kappa shape index (κ2) is 7.95. The van der Waals surface area contributed by atoms with E-state index in [1.807, 2.05) is 0 Å². The first kappa shape index (κ1) is 16.5. The highest BCUT2D eigenvalue weighted by atomic mass is 15.2. The first-order valence-corrected chi connectivity index (χ1v) is 8.63. The van der Waals surface area contributed by atoms with Gasteiger partial charge in [-0.2, -0.15) is 0 Å². The zero-order valence-corrected chi connectivity index (χ0v) is 14.3. The van der Waals surface area contributed by atoms with E-state index in [0.717, 1.165) is 5.92 Å². The summed E-state index contributed by atoms with van der Waals surface area (Å²) in [5.74, 6) is 0.866. The molecule has 21 heavy (non-hydrogen) atoms. The average molecular weight is 288 g/mol. The van der Waals surface area contributed by atoms with E-state index in [1.54, 1.807) is 0 Å². The molecule has 0 spiro atoms. The van der Waals surface area contributed by atoms with Crippen molar-refractivity contribution in [3.63, 3.8) is 0 Å². The average Bonchev–Trinajstić information content (AvgIpc) is 2.49. The molecule has 0 saturated carbocycles. The van der Waals surface area contributed by atoms with Gasteiger partial charge >= 0.3 is 0 Å². The van der Waals surface area contributed by atoms with Crippen molar-refractivity contribution >= 4 is 0 Å². The molecule has 1 fully saturated rings. The van der Waals surface area contributed by atoms with Crippen LogP contribution in [0, 0.1) is 19.8 Å². The molecule has 1 aliphatic heterocycles. The predicted octanol–water partition coefficient (Wildman–Crippen LogP) is 4.08. The van der Waals surface area contributed by atoms with Crippen LogP contribution in [0.15, 0.2) is 18.2 Å². The fourth-order valence-electron chi connectivity index (χ4n) is 3.53. The summed E-state index contributed by atoms with van der Waals surface area (Å²) in [6.07, 6.45) is 3.90. The monoisotopic (exact) mass is 288 g/mol. The topological polar surface area (TPSA) is 15.3 Å². The van der Waals surface area contributed by atoms with Gasteiger partial charge in [0, 0.05) is 12.6 Å². The van der Waals surface area contributed by atoms with Crippen LogP contribution in [0.1, 0.15) is 55.8 Å². The Labute approximate surface area is 130 Å². The van der Waals surface area contributed by atoms with Gasteiger partial charge in [-0.3, -0.25) is 4.90 Å². The standard InChI is InChI=1S/C19H32N2/c1-5-12-21(14-18-8-10-20-11-9-18)17(4)19-13-15(2)6-7-16(19)3/h6-7,13,17-18,20H,5,8-12,14H2,1-4H3. The van der Waals surface area contributed by atoms with E-state index in [1.165, 1.54) is 62.1 Å². The molecule has 118 valence electrons. The summed E-state index contributed by atoms with van der Waals surface area (Å²) in [6.45, 7) is 14.0. The molecule has 2 rings (SSSR count). The van der Waals surface area contributed by atoms with Crippen molar-refractivity contribution in [1.29, 1.82) is 0 Å². The highest BCUT2D eigenvalue weighted by molar-refractivity contribution is 5.32. The van der Waals surface area contributed by atoms with E-state index in [-0.39, 0.29) is 0 Å². The number of piperidine rings is 1. The van der Waals surface area contributed by atoms with Crippen LogP contribution in [0.2, 0.25) is 0 Å². The molecule has 1 saturated heterocycles. The van der Waals surface area contributed by atoms with Crippen LogP contribution >= 0.6 is 0 Å². The van der Waals surface area contributed by atoms with Gasteiger partial charge in [0.25, 0.3) is 0 Å². The summed E-state index contributed by atoms with van der Waals surface area (Å²) in [6, 6.07) is 7.41. The molecule has 0 amide bonds. The number of nitrogens with zero attached hydrogens (tertiary/aromatic N) is 1. The van der Waals surface area contributed by atoms with Crippen LogP contribution < -0.4 is 5.32 Å². The normalized spacial score (nSPS) is 18.1. The molecule has 0 aliphatic carbocycles. The van der Waals surface area contributed by atoms with Crippen LogP contribution in [0.4, 0.5) is 0 Å². The SMILES string of the molecule is CCCN(CC1CCNCC1)C(C)c1cc(C)ccc1C. The molecule has 0 aromatic heterocycles. The smallest absolute Gasteiger partial charge is 0.0322 e. The minimum Gasteiger partial charge on any atom is -0.317 e. The number of nitrogens with one attached hydrogen (secondary N) is 1. The zero-order valence-electron chi connectivity index (χ0n) is 14.3. The zero-order chi connectivity index (χ0) is 15.2. The molecular formula is C19H32N2. The van der Waals surface area contributed by atoms with Gasteiger partial charge in [0.1, 0.15) is 0 Å². The van der Waals surface area contributed by atoms with Gasteiger partial charge in [-0.1, -0.05) is 30.7 Å². The van der Waals surface area contributed by atoms with Crippen LogP contribution in [0.3, 0.4) is 0 Å². The Morgan fingerprint density at radius 2 is 1.95 bits per heavy atom. The fourth-order valence-corrected chi connectivity index (χ4v) is 3.53. The molecule has 0 radical (unpaired) electrons. The lowest BCUT2D eigenvalue weighted by Crippen LogP contribution is -2.38. The van der Waals surface area contributed by atoms with Crippen molar-refractivity contribution in [2.45, 2.75) is 53.0 Å². The van der Waals surface area contributed by atoms with E-state index in [0.29, 0.717) is 6.04 Å². The Morgan fingerprint density at radius 3 is 2.62 bits per heavy atom. The predicted molar refractivity (Wildman–Crippen MR) is 91.8 cm³/mol. The summed E-state index contributed by atoms with van der Waals surface area (Å²) < 4.78 is 0. The molecule has 0 bridgehead atoms. The van der Waals surface area contributed by atoms with Gasteiger partial charge in [0.05, 0.1) is 0 Å². The largest absolute Gasteiger partial charge is 0.317 e. The number of hydrogen-bond acceptors (Lipinski definition) is 2. The third kappa shape index (κ3) is 4.55. The lowest BCUT2D eigenvalue weighted by Gasteiger charge is -2.35. The quantitative estimate of drug-likeness (QED) is 0.848. The molecule has 1 aliphatic rings. The Balaban J connectivity index is 2.10. The highest BCUT2D eigenvalue weighted by Gasteiger charge is 2.22. The fraction of sp³-hybridized carbons (Fsp3) is 0.684. The van der Waals surface area contributed by atoms with Crippen molar-refractivity contribution in [3.05, 3.63) is 34.9 Å². The molecule has 1 aromatic carbocycles. The van der Waals surface area contributed by atoms with Gasteiger partial charge in [0.2, 0.25) is 0 Å². The molecular weight excluding hydrogens is 256 g/mol. The Kier molecular flexibility index (Phi) is 6.25. The van der Waals surface area contributed by atoms with Gasteiger partial charge in [-0.25, -0.2) is 0 Å². The van der Waals surface area contributed by atoms with Crippen LogP contribution in [0.5, 0.6) is 0 Å². The summed E-state index contributed by atoms with van der Waals surface area (Å²) in [7, 11) is 0. The molecule has 1 N–H and O–H groups in total. The van der Waals surface area contributed by atoms with Gasteiger partial charge < -0.3 is 5.32 Å². The van der Waals surface area contributed by atoms with Crippen LogP contribution in [0.25, 0.3) is 0 Å². The van der Waals surface area contributed by atoms with Crippen molar-refractivity contribution < 1.29 is 0 Å². The lowest BCUT2D eigenvalue weighted by molar-refractivity contribution is 0.160. The Bertz CT molecular complexity index is 435. The maximum atomic E-state index is 3.48. The number of hydrogen-bond donors (Lipinski definition) is 1. The molecule has 1 aromatic rings. The van der Waals surface area contributed by atoms with E-state index in [9.17, 15) is 0 Å². The molecule has 2 heteroatoms. The number of aryl methyl sites for hydroxylation is 2. The van der Waals surface area contributed by atoms with Crippen molar-refractivity contribution in [2.75, 3.05) is 26.2 Å². The van der Waals surface area contributed by atoms with Crippen molar-refractivity contribution in [1.82, 2.24) is 10.2 Å². The first-order valence-electron chi connectivity index (χ1n) is 8.63. The van der Waals surface area contributed by atoms with Gasteiger partial charge in [0.15, 0.2) is 0 Å². The summed E-state index contributed by atoms with van der Waals surface area (Å²) >= 11 is 0. The number of benzene rings is 1. The third-order valence-electron chi connectivity index (χ3n) is 4.89. The minimum atomic E-state index is 0.528. The summed E-state index contributed by atoms with van der Waals surface area (Å²) in [5, 5.41) is 3.48. The van der Waals surface area contributed by atoms with Crippen molar-refractivity contribution in [2.24, 2.45) is 5.92 Å². The Morgan fingerprint density at radius 1 is 1.24 bits per heavy atom. The summed E-state index contributed by atoms with van der Waals surface area (Å²) in [5.41, 5.74) is 4.32. The molecule has 1 unspecified atom stereocenters. The van der Waals surface area contributed by atoms with Crippen LogP contribution in [-0.2, 0) is 0 Å². The molecule has 2 nitrogen and oxygen atoms in total. The van der Waals surface area contributed by atoms with E-state index >= 15 is 0 Å². The Hall–Kier alpha value is -0.860. The van der Waals surface area contributed by atoms with Gasteiger partial charge in [-0.05, 0) is 76.7 Å². The lowest BCUT2D eigenvalue weighted by atomic mass is 9.94. The second-order valence-corrected chi connectivity index (χ2v) is 6.72. The van der Waals surface area contributed by atoms with Crippen LogP contribution in [-0.4, -0.2) is 31.1 Å². The van der Waals surface area contributed by atoms with E-state index in [4.69, 9.17) is 0 Å².